The van der Waals surface area contributed by atoms with Crippen molar-refractivity contribution in [1.82, 2.24) is 15.3 Å². The summed E-state index contributed by atoms with van der Waals surface area (Å²) < 4.78 is 0. The molecular weight excluding hydrogens is 320 g/mol. The van der Waals surface area contributed by atoms with Gasteiger partial charge >= 0.3 is 0 Å². The molecule has 1 atom stereocenters. The van der Waals surface area contributed by atoms with Crippen LogP contribution in [0.4, 0.5) is 5.95 Å². The number of amides is 1. The van der Waals surface area contributed by atoms with E-state index >= 15 is 0 Å². The van der Waals surface area contributed by atoms with Crippen molar-refractivity contribution in [2.75, 3.05) is 0 Å². The molecule has 5 nitrogen and oxygen atoms in total. The quantitative estimate of drug-likeness (QED) is 0.932. The summed E-state index contributed by atoms with van der Waals surface area (Å²) >= 11 is 1.44. The maximum absolute atomic E-state index is 12.2. The highest BCUT2D eigenvalue weighted by Gasteiger charge is 2.30. The standard InChI is InChI=1S/C18H20N4OS/c1-10-5-6-14(7-11(10)2)9-15-16(23)21-18(24-15)22-17-19-12(3)8-13(4)20-17/h5-8,15H,9H2,1-4H3,(H,19,20,21,22,23). The number of aromatic nitrogens is 2. The molecule has 124 valence electrons. The number of aryl methyl sites for hydroxylation is 4. The summed E-state index contributed by atoms with van der Waals surface area (Å²) in [6, 6.07) is 8.22. The average Bonchev–Trinajstić information content (AvgIpc) is 2.81. The van der Waals surface area contributed by atoms with Gasteiger partial charge in [-0.15, -0.1) is 0 Å². The second kappa shape index (κ2) is 6.73. The van der Waals surface area contributed by atoms with Gasteiger partial charge in [-0.2, -0.15) is 4.99 Å². The monoisotopic (exact) mass is 340 g/mol. The van der Waals surface area contributed by atoms with Gasteiger partial charge in [0, 0.05) is 11.4 Å². The fourth-order valence-corrected chi connectivity index (χ4v) is 3.59. The predicted octanol–water partition coefficient (Wildman–Crippen LogP) is 3.17. The van der Waals surface area contributed by atoms with Crippen LogP contribution in [0.15, 0.2) is 29.3 Å². The molecule has 1 aliphatic heterocycles. The second-order valence-corrected chi connectivity index (χ2v) is 7.28. The Balaban J connectivity index is 1.75. The topological polar surface area (TPSA) is 67.2 Å². The Morgan fingerprint density at radius 1 is 1.08 bits per heavy atom. The number of nitrogens with zero attached hydrogens (tertiary/aromatic N) is 3. The number of carbonyl (C=O) groups excluding carboxylic acids is 1. The van der Waals surface area contributed by atoms with E-state index in [-0.39, 0.29) is 11.2 Å². The zero-order valence-electron chi connectivity index (χ0n) is 14.3. The number of hydrogen-bond donors (Lipinski definition) is 1. The summed E-state index contributed by atoms with van der Waals surface area (Å²) in [5.74, 6) is 0.378. The summed E-state index contributed by atoms with van der Waals surface area (Å²) in [5.41, 5.74) is 5.39. The van der Waals surface area contributed by atoms with E-state index in [2.05, 4.69) is 52.3 Å². The lowest BCUT2D eigenvalue weighted by Gasteiger charge is -2.07. The highest BCUT2D eigenvalue weighted by molar-refractivity contribution is 8.15. The van der Waals surface area contributed by atoms with Gasteiger partial charge in [0.2, 0.25) is 5.91 Å². The molecule has 1 saturated heterocycles. The number of amidine groups is 1. The molecule has 24 heavy (non-hydrogen) atoms. The zero-order valence-corrected chi connectivity index (χ0v) is 15.1. The van der Waals surface area contributed by atoms with Crippen LogP contribution in [0.2, 0.25) is 0 Å². The first-order valence-electron chi connectivity index (χ1n) is 7.85. The van der Waals surface area contributed by atoms with Gasteiger partial charge in [0.15, 0.2) is 5.17 Å². The van der Waals surface area contributed by atoms with Gasteiger partial charge in [0.1, 0.15) is 0 Å². The van der Waals surface area contributed by atoms with Crippen LogP contribution in [-0.4, -0.2) is 26.3 Å². The van der Waals surface area contributed by atoms with E-state index in [1.165, 1.54) is 22.9 Å². The van der Waals surface area contributed by atoms with Crippen molar-refractivity contribution >= 4 is 28.8 Å². The molecule has 0 radical (unpaired) electrons. The minimum absolute atomic E-state index is 0.0126. The van der Waals surface area contributed by atoms with Crippen LogP contribution in [0.1, 0.15) is 28.1 Å². The van der Waals surface area contributed by atoms with Crippen LogP contribution >= 0.6 is 11.8 Å². The number of benzene rings is 1. The minimum Gasteiger partial charge on any atom is -0.304 e. The summed E-state index contributed by atoms with van der Waals surface area (Å²) in [5, 5.41) is 3.23. The fourth-order valence-electron chi connectivity index (χ4n) is 2.59. The number of carbonyl (C=O) groups is 1. The molecule has 1 unspecified atom stereocenters. The molecular formula is C18H20N4OS. The van der Waals surface area contributed by atoms with Crippen molar-refractivity contribution in [2.45, 2.75) is 39.4 Å². The lowest BCUT2D eigenvalue weighted by atomic mass is 10.0. The molecule has 3 rings (SSSR count). The lowest BCUT2D eigenvalue weighted by molar-refractivity contribution is -0.118. The largest absolute Gasteiger partial charge is 0.304 e. The van der Waals surface area contributed by atoms with Crippen LogP contribution in [0.25, 0.3) is 0 Å². The van der Waals surface area contributed by atoms with Gasteiger partial charge in [-0.05, 0) is 56.9 Å². The van der Waals surface area contributed by atoms with Gasteiger partial charge in [0.25, 0.3) is 5.95 Å². The maximum Gasteiger partial charge on any atom is 0.252 e. The lowest BCUT2D eigenvalue weighted by Crippen LogP contribution is -2.26. The van der Waals surface area contributed by atoms with Gasteiger partial charge in [-0.1, -0.05) is 30.0 Å². The first-order chi connectivity index (χ1) is 11.4. The molecule has 2 heterocycles. The Labute approximate surface area is 146 Å². The number of rotatable bonds is 3. The van der Waals surface area contributed by atoms with Gasteiger partial charge in [0.05, 0.1) is 5.25 Å². The van der Waals surface area contributed by atoms with Crippen molar-refractivity contribution in [1.29, 1.82) is 0 Å². The number of nitrogens with one attached hydrogen (secondary N) is 1. The molecule has 0 aliphatic carbocycles. The Kier molecular flexibility index (Phi) is 4.66. The normalized spacial score (nSPS) is 18.9. The Bertz CT molecular complexity index is 812. The molecule has 1 aromatic heterocycles. The smallest absolute Gasteiger partial charge is 0.252 e. The van der Waals surface area contributed by atoms with Crippen LogP contribution in [0.3, 0.4) is 0 Å². The molecule has 2 aromatic rings. The summed E-state index contributed by atoms with van der Waals surface area (Å²) in [7, 11) is 0. The average molecular weight is 340 g/mol. The highest BCUT2D eigenvalue weighted by atomic mass is 32.2. The van der Waals surface area contributed by atoms with Gasteiger partial charge < -0.3 is 5.32 Å². The number of hydrogen-bond acceptors (Lipinski definition) is 5. The van der Waals surface area contributed by atoms with Crippen LogP contribution in [0.5, 0.6) is 0 Å². The van der Waals surface area contributed by atoms with E-state index in [1.807, 2.05) is 19.9 Å². The third-order valence-corrected chi connectivity index (χ3v) is 5.02. The first kappa shape index (κ1) is 16.6. The Morgan fingerprint density at radius 2 is 1.79 bits per heavy atom. The van der Waals surface area contributed by atoms with Crippen LogP contribution in [0, 0.1) is 27.7 Å². The van der Waals surface area contributed by atoms with E-state index in [9.17, 15) is 4.79 Å². The van der Waals surface area contributed by atoms with Crippen molar-refractivity contribution in [3.8, 4) is 0 Å². The predicted molar refractivity (Wildman–Crippen MR) is 97.7 cm³/mol. The molecule has 1 N–H and O–H groups in total. The second-order valence-electron chi connectivity index (χ2n) is 6.09. The molecule has 0 spiro atoms. The van der Waals surface area contributed by atoms with Crippen LogP contribution < -0.4 is 5.32 Å². The van der Waals surface area contributed by atoms with Crippen LogP contribution in [-0.2, 0) is 11.2 Å². The van der Waals surface area contributed by atoms with E-state index in [0.29, 0.717) is 17.5 Å². The van der Waals surface area contributed by atoms with E-state index < -0.39 is 0 Å². The number of aliphatic imine (C=N–C) groups is 1. The van der Waals surface area contributed by atoms with Crippen molar-refractivity contribution in [3.05, 3.63) is 52.3 Å². The van der Waals surface area contributed by atoms with E-state index in [1.54, 1.807) is 0 Å². The van der Waals surface area contributed by atoms with Crippen molar-refractivity contribution in [2.24, 2.45) is 4.99 Å². The Morgan fingerprint density at radius 3 is 2.46 bits per heavy atom. The zero-order chi connectivity index (χ0) is 17.3. The van der Waals surface area contributed by atoms with Gasteiger partial charge in [-0.3, -0.25) is 4.79 Å². The molecule has 1 aliphatic rings. The third-order valence-electron chi connectivity index (χ3n) is 3.94. The molecule has 1 fully saturated rings. The summed E-state index contributed by atoms with van der Waals surface area (Å²) in [6.45, 7) is 7.98. The molecule has 1 amide bonds. The Hall–Kier alpha value is -2.21. The maximum atomic E-state index is 12.2. The molecule has 6 heteroatoms. The summed E-state index contributed by atoms with van der Waals surface area (Å²) in [6.07, 6.45) is 0.685. The fraction of sp³-hybridized carbons (Fsp3) is 0.333. The van der Waals surface area contributed by atoms with Crippen molar-refractivity contribution < 1.29 is 4.79 Å². The summed E-state index contributed by atoms with van der Waals surface area (Å²) in [4.78, 5) is 25.2. The first-order valence-corrected chi connectivity index (χ1v) is 8.73. The highest BCUT2D eigenvalue weighted by Crippen LogP contribution is 2.25. The van der Waals surface area contributed by atoms with Gasteiger partial charge in [-0.25, -0.2) is 9.97 Å². The van der Waals surface area contributed by atoms with Crippen molar-refractivity contribution in [3.63, 3.8) is 0 Å². The molecule has 1 aromatic carbocycles. The van der Waals surface area contributed by atoms with E-state index in [4.69, 9.17) is 0 Å². The van der Waals surface area contributed by atoms with E-state index in [0.717, 1.165) is 17.0 Å². The molecule has 0 bridgehead atoms. The SMILES string of the molecule is Cc1cc(C)nc(/N=C2\NC(=O)C(Cc3ccc(C)c(C)c3)S2)n1. The third kappa shape index (κ3) is 3.82. The minimum atomic E-state index is -0.170. The number of thioether (sulfide) groups is 1. The molecule has 0 saturated carbocycles.